The van der Waals surface area contributed by atoms with Gasteiger partial charge in [0.05, 0.1) is 12.6 Å². The third kappa shape index (κ3) is 4.50. The second-order valence-electron chi connectivity index (χ2n) is 5.25. The molecule has 0 heterocycles. The smallest absolute Gasteiger partial charge is 0.239 e. The molecule has 2 aromatic rings. The lowest BCUT2D eigenvalue weighted by Crippen LogP contribution is -2.33. The van der Waals surface area contributed by atoms with Crippen molar-refractivity contribution in [3.63, 3.8) is 0 Å². The van der Waals surface area contributed by atoms with Crippen molar-refractivity contribution in [2.24, 2.45) is 0 Å². The van der Waals surface area contributed by atoms with Crippen LogP contribution in [0.25, 0.3) is 0 Å². The van der Waals surface area contributed by atoms with Gasteiger partial charge in [0.15, 0.2) is 0 Å². The monoisotopic (exact) mass is 316 g/mol. The molecule has 0 aliphatic rings. The molecule has 4 heteroatoms. The molecule has 2 N–H and O–H groups in total. The largest absolute Gasteiger partial charge is 0.376 e. The zero-order chi connectivity index (χ0) is 15.9. The topological polar surface area (TPSA) is 41.1 Å². The predicted molar refractivity (Wildman–Crippen MR) is 92.3 cm³/mol. The minimum absolute atomic E-state index is 0.0323. The van der Waals surface area contributed by atoms with Crippen molar-refractivity contribution in [3.8, 4) is 0 Å². The van der Waals surface area contributed by atoms with Crippen LogP contribution in [0.15, 0.2) is 48.5 Å². The number of aryl methyl sites for hydroxylation is 1. The Bertz CT molecular complexity index is 628. The molecule has 1 unspecified atom stereocenters. The van der Waals surface area contributed by atoms with Crippen LogP contribution in [-0.2, 0) is 4.79 Å². The summed E-state index contributed by atoms with van der Waals surface area (Å²) >= 11 is 5.98. The second kappa shape index (κ2) is 7.85. The Morgan fingerprint density at radius 1 is 1.18 bits per heavy atom. The molecule has 0 aliphatic heterocycles. The molecule has 3 nitrogen and oxygen atoms in total. The number of nitrogens with one attached hydrogen (secondary N) is 2. The SMILES string of the molecule is CCC(NC(=O)CNc1cc(Cl)ccc1C)c1ccccc1. The summed E-state index contributed by atoms with van der Waals surface area (Å²) in [6, 6.07) is 15.6. The average Bonchev–Trinajstić information content (AvgIpc) is 2.54. The van der Waals surface area contributed by atoms with Crippen LogP contribution in [0.2, 0.25) is 5.02 Å². The number of hydrogen-bond acceptors (Lipinski definition) is 2. The first-order valence-electron chi connectivity index (χ1n) is 7.44. The van der Waals surface area contributed by atoms with Crippen LogP contribution < -0.4 is 10.6 Å². The highest BCUT2D eigenvalue weighted by Crippen LogP contribution is 2.20. The predicted octanol–water partition coefficient (Wildman–Crippen LogP) is 4.33. The van der Waals surface area contributed by atoms with E-state index in [4.69, 9.17) is 11.6 Å². The number of hydrogen-bond donors (Lipinski definition) is 2. The van der Waals surface area contributed by atoms with Gasteiger partial charge in [0.2, 0.25) is 5.91 Å². The first kappa shape index (κ1) is 16.4. The maximum atomic E-state index is 12.1. The van der Waals surface area contributed by atoms with Crippen molar-refractivity contribution < 1.29 is 4.79 Å². The molecule has 0 spiro atoms. The minimum Gasteiger partial charge on any atom is -0.376 e. The molecule has 22 heavy (non-hydrogen) atoms. The van der Waals surface area contributed by atoms with E-state index in [2.05, 4.69) is 17.6 Å². The fourth-order valence-corrected chi connectivity index (χ4v) is 2.48. The minimum atomic E-state index is -0.0323. The molecule has 1 amide bonds. The van der Waals surface area contributed by atoms with Gasteiger partial charge in [-0.3, -0.25) is 4.79 Å². The van der Waals surface area contributed by atoms with E-state index in [0.29, 0.717) is 5.02 Å². The van der Waals surface area contributed by atoms with E-state index in [-0.39, 0.29) is 18.5 Å². The van der Waals surface area contributed by atoms with Gasteiger partial charge in [-0.2, -0.15) is 0 Å². The van der Waals surface area contributed by atoms with Crippen LogP contribution in [0.3, 0.4) is 0 Å². The van der Waals surface area contributed by atoms with Crippen molar-refractivity contribution in [3.05, 3.63) is 64.7 Å². The summed E-state index contributed by atoms with van der Waals surface area (Å²) in [6.07, 6.45) is 0.853. The Hall–Kier alpha value is -2.00. The summed E-state index contributed by atoms with van der Waals surface area (Å²) < 4.78 is 0. The summed E-state index contributed by atoms with van der Waals surface area (Å²) in [5.74, 6) is -0.0323. The number of carbonyl (C=O) groups excluding carboxylic acids is 1. The summed E-state index contributed by atoms with van der Waals surface area (Å²) in [5, 5.41) is 6.85. The van der Waals surface area contributed by atoms with Crippen LogP contribution in [-0.4, -0.2) is 12.5 Å². The lowest BCUT2D eigenvalue weighted by atomic mass is 10.0. The van der Waals surface area contributed by atoms with E-state index in [0.717, 1.165) is 23.2 Å². The quantitative estimate of drug-likeness (QED) is 0.833. The summed E-state index contributed by atoms with van der Waals surface area (Å²) in [5.41, 5.74) is 3.07. The number of benzene rings is 2. The highest BCUT2D eigenvalue weighted by atomic mass is 35.5. The Morgan fingerprint density at radius 2 is 1.91 bits per heavy atom. The Morgan fingerprint density at radius 3 is 2.59 bits per heavy atom. The van der Waals surface area contributed by atoms with E-state index < -0.39 is 0 Å². The van der Waals surface area contributed by atoms with Crippen molar-refractivity contribution in [1.82, 2.24) is 5.32 Å². The van der Waals surface area contributed by atoms with E-state index in [1.54, 1.807) is 0 Å². The molecular weight excluding hydrogens is 296 g/mol. The summed E-state index contributed by atoms with van der Waals surface area (Å²) in [6.45, 7) is 4.27. The first-order chi connectivity index (χ1) is 10.6. The Labute approximate surface area is 136 Å². The highest BCUT2D eigenvalue weighted by Gasteiger charge is 2.12. The number of amides is 1. The number of anilines is 1. The van der Waals surface area contributed by atoms with E-state index >= 15 is 0 Å². The summed E-state index contributed by atoms with van der Waals surface area (Å²) in [4.78, 5) is 12.1. The third-order valence-corrected chi connectivity index (χ3v) is 3.82. The number of halogens is 1. The van der Waals surface area contributed by atoms with Gasteiger partial charge in [-0.15, -0.1) is 0 Å². The molecule has 0 saturated heterocycles. The maximum Gasteiger partial charge on any atom is 0.239 e. The van der Waals surface area contributed by atoms with E-state index in [9.17, 15) is 4.79 Å². The summed E-state index contributed by atoms with van der Waals surface area (Å²) in [7, 11) is 0. The molecular formula is C18H21ClN2O. The molecule has 0 aromatic heterocycles. The second-order valence-corrected chi connectivity index (χ2v) is 5.69. The normalized spacial score (nSPS) is 11.8. The van der Waals surface area contributed by atoms with Gasteiger partial charge in [0.1, 0.15) is 0 Å². The molecule has 2 aromatic carbocycles. The molecule has 2 rings (SSSR count). The zero-order valence-corrected chi connectivity index (χ0v) is 13.7. The third-order valence-electron chi connectivity index (χ3n) is 3.58. The van der Waals surface area contributed by atoms with Crippen molar-refractivity contribution in [2.45, 2.75) is 26.3 Å². The van der Waals surface area contributed by atoms with Gasteiger partial charge >= 0.3 is 0 Å². The molecule has 0 radical (unpaired) electrons. The van der Waals surface area contributed by atoms with Gasteiger partial charge in [-0.25, -0.2) is 0 Å². The molecule has 0 aliphatic carbocycles. The lowest BCUT2D eigenvalue weighted by molar-refractivity contribution is -0.120. The van der Waals surface area contributed by atoms with Crippen molar-refractivity contribution in [2.75, 3.05) is 11.9 Å². The number of carbonyl (C=O) groups is 1. The number of rotatable bonds is 6. The van der Waals surface area contributed by atoms with E-state index in [1.165, 1.54) is 0 Å². The molecule has 116 valence electrons. The van der Waals surface area contributed by atoms with Crippen molar-refractivity contribution >= 4 is 23.2 Å². The van der Waals surface area contributed by atoms with Crippen LogP contribution in [0.1, 0.15) is 30.5 Å². The Balaban J connectivity index is 1.93. The fourth-order valence-electron chi connectivity index (χ4n) is 2.31. The Kier molecular flexibility index (Phi) is 5.84. The van der Waals surface area contributed by atoms with E-state index in [1.807, 2.05) is 55.5 Å². The molecule has 0 saturated carbocycles. The molecule has 1 atom stereocenters. The average molecular weight is 317 g/mol. The van der Waals surface area contributed by atoms with Crippen LogP contribution in [0.4, 0.5) is 5.69 Å². The first-order valence-corrected chi connectivity index (χ1v) is 7.82. The van der Waals surface area contributed by atoms with Crippen LogP contribution >= 0.6 is 11.6 Å². The van der Waals surface area contributed by atoms with Crippen molar-refractivity contribution in [1.29, 1.82) is 0 Å². The van der Waals surface area contributed by atoms with Gasteiger partial charge in [-0.05, 0) is 36.6 Å². The zero-order valence-electron chi connectivity index (χ0n) is 12.9. The van der Waals surface area contributed by atoms with Gasteiger partial charge < -0.3 is 10.6 Å². The fraction of sp³-hybridized carbons (Fsp3) is 0.278. The van der Waals surface area contributed by atoms with Crippen LogP contribution in [0.5, 0.6) is 0 Å². The van der Waals surface area contributed by atoms with Gasteiger partial charge in [0, 0.05) is 10.7 Å². The maximum absolute atomic E-state index is 12.1. The van der Waals surface area contributed by atoms with Gasteiger partial charge in [-0.1, -0.05) is 54.9 Å². The van der Waals surface area contributed by atoms with Crippen LogP contribution in [0, 0.1) is 6.92 Å². The highest BCUT2D eigenvalue weighted by molar-refractivity contribution is 6.30. The van der Waals surface area contributed by atoms with Gasteiger partial charge in [0.25, 0.3) is 0 Å². The molecule has 0 fully saturated rings. The molecule has 0 bridgehead atoms. The standard InChI is InChI=1S/C18H21ClN2O/c1-3-16(14-7-5-4-6-8-14)21-18(22)12-20-17-11-15(19)10-9-13(17)2/h4-11,16,20H,3,12H2,1-2H3,(H,21,22). The lowest BCUT2D eigenvalue weighted by Gasteiger charge is -2.18.